The number of carbonyl (C=O) groups is 1. The SMILES string of the molecule is CCN(C)c1nc(N2CCN(c3ccccc3F)CC2)nc2c1CN(C(=O)Nc1cccc(Cl)c1)CC2. The van der Waals surface area contributed by atoms with Gasteiger partial charge in [-0.3, -0.25) is 0 Å². The number of nitrogens with one attached hydrogen (secondary N) is 1. The van der Waals surface area contributed by atoms with Gasteiger partial charge in [-0.25, -0.2) is 14.2 Å². The number of fused-ring (bicyclic) bond motifs is 1. The molecule has 2 aromatic carbocycles. The number of aromatic nitrogens is 2. The number of hydrogen-bond donors (Lipinski definition) is 1. The molecule has 3 aromatic rings. The molecule has 1 saturated heterocycles. The van der Waals surface area contributed by atoms with Gasteiger partial charge in [-0.05, 0) is 37.3 Å². The molecule has 0 saturated carbocycles. The van der Waals surface area contributed by atoms with Crippen LogP contribution in [0.25, 0.3) is 0 Å². The quantitative estimate of drug-likeness (QED) is 0.525. The van der Waals surface area contributed by atoms with Crippen LogP contribution in [0.5, 0.6) is 0 Å². The molecule has 5 rings (SSSR count). The van der Waals surface area contributed by atoms with Crippen LogP contribution >= 0.6 is 11.6 Å². The molecule has 0 aliphatic carbocycles. The maximum Gasteiger partial charge on any atom is 0.322 e. The van der Waals surface area contributed by atoms with Crippen LogP contribution in [0.1, 0.15) is 18.2 Å². The molecule has 10 heteroatoms. The van der Waals surface area contributed by atoms with Crippen LogP contribution in [-0.4, -0.2) is 67.2 Å². The molecular weight excluding hydrogens is 493 g/mol. The van der Waals surface area contributed by atoms with Crippen molar-refractivity contribution in [2.24, 2.45) is 0 Å². The smallest absolute Gasteiger partial charge is 0.322 e. The van der Waals surface area contributed by atoms with E-state index in [1.54, 1.807) is 23.1 Å². The summed E-state index contributed by atoms with van der Waals surface area (Å²) in [5.41, 5.74) is 3.25. The first-order valence-corrected chi connectivity index (χ1v) is 13.0. The fourth-order valence-corrected chi connectivity index (χ4v) is 4.98. The lowest BCUT2D eigenvalue weighted by Gasteiger charge is -2.37. The van der Waals surface area contributed by atoms with E-state index in [1.807, 2.05) is 31.3 Å². The number of carbonyl (C=O) groups excluding carboxylic acids is 1. The molecule has 194 valence electrons. The van der Waals surface area contributed by atoms with E-state index in [0.717, 1.165) is 23.6 Å². The number of anilines is 4. The largest absolute Gasteiger partial charge is 0.366 e. The lowest BCUT2D eigenvalue weighted by atomic mass is 10.1. The van der Waals surface area contributed by atoms with Gasteiger partial charge in [0.1, 0.15) is 11.6 Å². The molecule has 0 unspecified atom stereocenters. The fourth-order valence-electron chi connectivity index (χ4n) is 4.79. The van der Waals surface area contributed by atoms with E-state index < -0.39 is 0 Å². The second kappa shape index (κ2) is 10.8. The maximum atomic E-state index is 14.3. The average Bonchev–Trinajstić information content (AvgIpc) is 2.92. The summed E-state index contributed by atoms with van der Waals surface area (Å²) in [4.78, 5) is 31.0. The number of amides is 2. The standard InChI is InChI=1S/C27H31ClFN7O/c1-3-33(2)25-21-18-36(27(37)30-20-8-6-7-19(28)17-20)12-11-23(21)31-26(32-25)35-15-13-34(14-16-35)24-10-5-4-9-22(24)29/h4-10,17H,3,11-16,18H2,1-2H3,(H,30,37). The molecule has 0 atom stereocenters. The minimum atomic E-state index is -0.197. The van der Waals surface area contributed by atoms with Crippen LogP contribution in [-0.2, 0) is 13.0 Å². The lowest BCUT2D eigenvalue weighted by molar-refractivity contribution is 0.206. The van der Waals surface area contributed by atoms with Gasteiger partial charge in [0.15, 0.2) is 0 Å². The van der Waals surface area contributed by atoms with Gasteiger partial charge in [-0.2, -0.15) is 4.98 Å². The third-order valence-electron chi connectivity index (χ3n) is 6.98. The van der Waals surface area contributed by atoms with Crippen molar-refractivity contribution < 1.29 is 9.18 Å². The lowest BCUT2D eigenvalue weighted by Crippen LogP contribution is -2.48. The highest BCUT2D eigenvalue weighted by atomic mass is 35.5. The molecule has 0 bridgehead atoms. The Bertz CT molecular complexity index is 1280. The summed E-state index contributed by atoms with van der Waals surface area (Å²) >= 11 is 6.07. The Balaban J connectivity index is 1.33. The topological polar surface area (TPSA) is 67.8 Å². The second-order valence-corrected chi connectivity index (χ2v) is 9.76. The Morgan fingerprint density at radius 3 is 2.54 bits per heavy atom. The van der Waals surface area contributed by atoms with E-state index in [4.69, 9.17) is 21.6 Å². The fraction of sp³-hybridized carbons (Fsp3) is 0.370. The van der Waals surface area contributed by atoms with E-state index in [-0.39, 0.29) is 11.8 Å². The molecule has 1 fully saturated rings. The summed E-state index contributed by atoms with van der Waals surface area (Å²) in [7, 11) is 2.01. The second-order valence-electron chi connectivity index (χ2n) is 9.32. The van der Waals surface area contributed by atoms with Gasteiger partial charge in [0.2, 0.25) is 5.95 Å². The van der Waals surface area contributed by atoms with Gasteiger partial charge in [-0.15, -0.1) is 0 Å². The predicted molar refractivity (Wildman–Crippen MR) is 146 cm³/mol. The minimum Gasteiger partial charge on any atom is -0.366 e. The minimum absolute atomic E-state index is 0.175. The van der Waals surface area contributed by atoms with Gasteiger partial charge in [0.05, 0.1) is 17.9 Å². The third kappa shape index (κ3) is 5.41. The highest BCUT2D eigenvalue weighted by Gasteiger charge is 2.29. The van der Waals surface area contributed by atoms with Crippen molar-refractivity contribution in [2.45, 2.75) is 19.9 Å². The molecule has 37 heavy (non-hydrogen) atoms. The van der Waals surface area contributed by atoms with Gasteiger partial charge >= 0.3 is 6.03 Å². The van der Waals surface area contributed by atoms with E-state index in [0.29, 0.717) is 68.0 Å². The maximum absolute atomic E-state index is 14.3. The van der Waals surface area contributed by atoms with Crippen LogP contribution in [0.3, 0.4) is 0 Å². The summed E-state index contributed by atoms with van der Waals surface area (Å²) < 4.78 is 14.3. The van der Waals surface area contributed by atoms with Crippen LogP contribution in [0, 0.1) is 5.82 Å². The van der Waals surface area contributed by atoms with Crippen molar-refractivity contribution >= 4 is 40.8 Å². The van der Waals surface area contributed by atoms with Gasteiger partial charge < -0.3 is 24.9 Å². The zero-order chi connectivity index (χ0) is 25.9. The van der Waals surface area contributed by atoms with Crippen LogP contribution in [0.2, 0.25) is 5.02 Å². The van der Waals surface area contributed by atoms with Crippen molar-refractivity contribution in [3.8, 4) is 0 Å². The van der Waals surface area contributed by atoms with E-state index >= 15 is 0 Å². The summed E-state index contributed by atoms with van der Waals surface area (Å²) in [5.74, 6) is 1.34. The molecule has 8 nitrogen and oxygen atoms in total. The summed E-state index contributed by atoms with van der Waals surface area (Å²) in [6, 6.07) is 13.9. The molecule has 2 amide bonds. The Morgan fingerprint density at radius 2 is 1.81 bits per heavy atom. The highest BCUT2D eigenvalue weighted by molar-refractivity contribution is 6.30. The summed E-state index contributed by atoms with van der Waals surface area (Å²) in [6.07, 6.45) is 0.646. The first-order valence-electron chi connectivity index (χ1n) is 12.6. The van der Waals surface area contributed by atoms with E-state index in [2.05, 4.69) is 26.9 Å². The molecule has 0 spiro atoms. The molecule has 2 aliphatic rings. The van der Waals surface area contributed by atoms with Crippen LogP contribution in [0.4, 0.5) is 32.3 Å². The first kappa shape index (κ1) is 25.1. The van der Waals surface area contributed by atoms with Crippen LogP contribution in [0.15, 0.2) is 48.5 Å². The molecular formula is C27H31ClFN7O. The number of para-hydroxylation sites is 1. The predicted octanol–water partition coefficient (Wildman–Crippen LogP) is 4.64. The van der Waals surface area contributed by atoms with Crippen molar-refractivity contribution in [1.29, 1.82) is 0 Å². The zero-order valence-electron chi connectivity index (χ0n) is 21.1. The van der Waals surface area contributed by atoms with Gasteiger partial charge in [-0.1, -0.05) is 29.8 Å². The van der Waals surface area contributed by atoms with Crippen molar-refractivity contribution in [3.05, 3.63) is 70.6 Å². The first-order chi connectivity index (χ1) is 17.9. The number of nitrogens with zero attached hydrogens (tertiary/aromatic N) is 6. The Kier molecular flexibility index (Phi) is 7.32. The summed E-state index contributed by atoms with van der Waals surface area (Å²) in [6.45, 7) is 6.64. The number of hydrogen-bond acceptors (Lipinski definition) is 6. The number of urea groups is 1. The Labute approximate surface area is 221 Å². The molecule has 2 aliphatic heterocycles. The number of benzene rings is 2. The third-order valence-corrected chi connectivity index (χ3v) is 7.22. The van der Waals surface area contributed by atoms with E-state index in [1.165, 1.54) is 6.07 Å². The van der Waals surface area contributed by atoms with Gasteiger partial charge in [0, 0.05) is 69.0 Å². The molecule has 3 heterocycles. The number of rotatable bonds is 5. The number of piperazine rings is 1. The van der Waals surface area contributed by atoms with Crippen molar-refractivity contribution in [3.63, 3.8) is 0 Å². The zero-order valence-corrected chi connectivity index (χ0v) is 21.9. The van der Waals surface area contributed by atoms with Crippen LogP contribution < -0.4 is 20.0 Å². The highest BCUT2D eigenvalue weighted by Crippen LogP contribution is 2.30. The number of halogens is 2. The van der Waals surface area contributed by atoms with Crippen molar-refractivity contribution in [1.82, 2.24) is 14.9 Å². The summed E-state index contributed by atoms with van der Waals surface area (Å²) in [5, 5.41) is 3.51. The Hall–Kier alpha value is -3.59. The molecule has 1 aromatic heterocycles. The molecule has 0 radical (unpaired) electrons. The monoisotopic (exact) mass is 523 g/mol. The average molecular weight is 524 g/mol. The van der Waals surface area contributed by atoms with Gasteiger partial charge in [0.25, 0.3) is 0 Å². The normalized spacial score (nSPS) is 15.4. The van der Waals surface area contributed by atoms with Crippen molar-refractivity contribution in [2.75, 3.05) is 66.3 Å². The Morgan fingerprint density at radius 1 is 1.05 bits per heavy atom. The van der Waals surface area contributed by atoms with E-state index in [9.17, 15) is 9.18 Å². The molecule has 1 N–H and O–H groups in total.